The second-order valence-corrected chi connectivity index (χ2v) is 5.50. The van der Waals surface area contributed by atoms with E-state index in [1.54, 1.807) is 13.2 Å². The topological polar surface area (TPSA) is 64.3 Å². The minimum absolute atomic E-state index is 0.0378. The first-order valence-corrected chi connectivity index (χ1v) is 6.79. The average Bonchev–Trinajstić information content (AvgIpc) is 2.35. The van der Waals surface area contributed by atoms with Gasteiger partial charge in [-0.1, -0.05) is 17.7 Å². The van der Waals surface area contributed by atoms with Gasteiger partial charge in [0, 0.05) is 29.1 Å². The minimum Gasteiger partial charge on any atom is -0.496 e. The molecule has 104 valence electrons. The molecule has 0 aromatic heterocycles. The Morgan fingerprint density at radius 1 is 1.53 bits per heavy atom. The molecule has 1 aromatic carbocycles. The van der Waals surface area contributed by atoms with Crippen LogP contribution in [0, 0.1) is 0 Å². The molecule has 0 bridgehead atoms. The van der Waals surface area contributed by atoms with E-state index < -0.39 is 0 Å². The maximum absolute atomic E-state index is 11.9. The van der Waals surface area contributed by atoms with Crippen LogP contribution in [0.15, 0.2) is 18.2 Å². The second kappa shape index (κ2) is 5.80. The van der Waals surface area contributed by atoms with Crippen molar-refractivity contribution in [1.29, 1.82) is 0 Å². The number of rotatable bonds is 5. The van der Waals surface area contributed by atoms with Gasteiger partial charge in [-0.25, -0.2) is 0 Å². The number of hydrogen-bond acceptors (Lipinski definition) is 3. The molecule has 2 rings (SSSR count). The van der Waals surface area contributed by atoms with E-state index in [0.717, 1.165) is 24.8 Å². The van der Waals surface area contributed by atoms with Gasteiger partial charge in [-0.2, -0.15) is 0 Å². The standard InChI is InChI=1S/C14H19ClN2O2/c1-19-12-5-2-4-11(15)10(12)9-17-13(18)8-14(16)6-3-7-14/h2,4-5H,3,6-9,16H2,1H3,(H,17,18). The van der Waals surface area contributed by atoms with Crippen molar-refractivity contribution < 1.29 is 9.53 Å². The first kappa shape index (κ1) is 14.2. The molecule has 5 heteroatoms. The van der Waals surface area contributed by atoms with E-state index in [2.05, 4.69) is 5.32 Å². The summed E-state index contributed by atoms with van der Waals surface area (Å²) in [5.41, 5.74) is 6.54. The summed E-state index contributed by atoms with van der Waals surface area (Å²) in [5.74, 6) is 0.642. The summed E-state index contributed by atoms with van der Waals surface area (Å²) < 4.78 is 5.23. The minimum atomic E-state index is -0.297. The molecule has 1 aromatic rings. The van der Waals surface area contributed by atoms with Crippen molar-refractivity contribution in [1.82, 2.24) is 5.32 Å². The molecule has 0 unspecified atom stereocenters. The van der Waals surface area contributed by atoms with E-state index >= 15 is 0 Å². The molecule has 0 atom stereocenters. The highest BCUT2D eigenvalue weighted by Crippen LogP contribution is 2.32. The molecular formula is C14H19ClN2O2. The van der Waals surface area contributed by atoms with Crippen LogP contribution in [0.1, 0.15) is 31.2 Å². The summed E-state index contributed by atoms with van der Waals surface area (Å²) in [6.45, 7) is 0.359. The van der Waals surface area contributed by atoms with E-state index in [0.29, 0.717) is 23.7 Å². The largest absolute Gasteiger partial charge is 0.496 e. The van der Waals surface area contributed by atoms with Gasteiger partial charge < -0.3 is 15.8 Å². The normalized spacial score (nSPS) is 16.6. The third-order valence-corrected chi connectivity index (χ3v) is 3.97. The van der Waals surface area contributed by atoms with Crippen molar-refractivity contribution in [3.63, 3.8) is 0 Å². The molecular weight excluding hydrogens is 264 g/mol. The molecule has 0 radical (unpaired) electrons. The fourth-order valence-corrected chi connectivity index (χ4v) is 2.51. The van der Waals surface area contributed by atoms with Crippen LogP contribution in [0.5, 0.6) is 5.75 Å². The zero-order valence-corrected chi connectivity index (χ0v) is 11.8. The highest BCUT2D eigenvalue weighted by atomic mass is 35.5. The SMILES string of the molecule is COc1cccc(Cl)c1CNC(=O)CC1(N)CCC1. The highest BCUT2D eigenvalue weighted by molar-refractivity contribution is 6.31. The zero-order valence-electron chi connectivity index (χ0n) is 11.0. The summed E-state index contributed by atoms with van der Waals surface area (Å²) in [4.78, 5) is 11.9. The quantitative estimate of drug-likeness (QED) is 0.870. The molecule has 1 aliphatic rings. The maximum atomic E-state index is 11.9. The Bertz CT molecular complexity index is 473. The average molecular weight is 283 g/mol. The van der Waals surface area contributed by atoms with Crippen molar-refractivity contribution >= 4 is 17.5 Å². The van der Waals surface area contributed by atoms with E-state index in [9.17, 15) is 4.79 Å². The number of halogens is 1. The van der Waals surface area contributed by atoms with Crippen LogP contribution in [0.25, 0.3) is 0 Å². The van der Waals surface area contributed by atoms with Gasteiger partial charge in [0.15, 0.2) is 0 Å². The zero-order chi connectivity index (χ0) is 13.9. The molecule has 1 saturated carbocycles. The van der Waals surface area contributed by atoms with Gasteiger partial charge in [-0.05, 0) is 31.4 Å². The third kappa shape index (κ3) is 3.39. The fourth-order valence-electron chi connectivity index (χ4n) is 2.28. The summed E-state index contributed by atoms with van der Waals surface area (Å²) >= 11 is 6.11. The van der Waals surface area contributed by atoms with Crippen molar-refractivity contribution in [3.8, 4) is 5.75 Å². The van der Waals surface area contributed by atoms with Crippen molar-refractivity contribution in [2.24, 2.45) is 5.73 Å². The number of ether oxygens (including phenoxy) is 1. The summed E-state index contributed by atoms with van der Waals surface area (Å²) in [6, 6.07) is 5.42. The Labute approximate surface area is 118 Å². The van der Waals surface area contributed by atoms with E-state index in [-0.39, 0.29) is 11.4 Å². The van der Waals surface area contributed by atoms with Crippen molar-refractivity contribution in [2.45, 2.75) is 37.8 Å². The summed E-state index contributed by atoms with van der Waals surface area (Å²) in [6.07, 6.45) is 3.34. The lowest BCUT2D eigenvalue weighted by atomic mass is 9.75. The predicted octanol–water partition coefficient (Wildman–Crippen LogP) is 2.24. The number of nitrogens with two attached hydrogens (primary N) is 1. The van der Waals surface area contributed by atoms with Gasteiger partial charge in [-0.15, -0.1) is 0 Å². The van der Waals surface area contributed by atoms with Crippen LogP contribution < -0.4 is 15.8 Å². The molecule has 1 amide bonds. The molecule has 0 heterocycles. The number of amides is 1. The molecule has 19 heavy (non-hydrogen) atoms. The van der Waals surface area contributed by atoms with Crippen LogP contribution in [0.4, 0.5) is 0 Å². The Kier molecular flexibility index (Phi) is 4.32. The van der Waals surface area contributed by atoms with E-state index in [4.69, 9.17) is 22.1 Å². The summed E-state index contributed by atoms with van der Waals surface area (Å²) in [7, 11) is 1.58. The van der Waals surface area contributed by atoms with Crippen molar-refractivity contribution in [3.05, 3.63) is 28.8 Å². The Balaban J connectivity index is 1.93. The Hall–Kier alpha value is -1.26. The van der Waals surface area contributed by atoms with E-state index in [1.807, 2.05) is 12.1 Å². The Morgan fingerprint density at radius 3 is 2.84 bits per heavy atom. The highest BCUT2D eigenvalue weighted by Gasteiger charge is 2.34. The molecule has 0 spiro atoms. The number of benzene rings is 1. The smallest absolute Gasteiger partial charge is 0.222 e. The fraction of sp³-hybridized carbons (Fsp3) is 0.500. The molecule has 0 aliphatic heterocycles. The molecule has 1 fully saturated rings. The van der Waals surface area contributed by atoms with Gasteiger partial charge in [-0.3, -0.25) is 4.79 Å². The van der Waals surface area contributed by atoms with Gasteiger partial charge in [0.25, 0.3) is 0 Å². The summed E-state index contributed by atoms with van der Waals surface area (Å²) in [5, 5.41) is 3.44. The van der Waals surface area contributed by atoms with Crippen molar-refractivity contribution in [2.75, 3.05) is 7.11 Å². The third-order valence-electron chi connectivity index (χ3n) is 3.62. The lowest BCUT2D eigenvalue weighted by Crippen LogP contribution is -2.49. The number of hydrogen-bond donors (Lipinski definition) is 2. The van der Waals surface area contributed by atoms with Crippen LogP contribution in [-0.2, 0) is 11.3 Å². The van der Waals surface area contributed by atoms with Crippen LogP contribution >= 0.6 is 11.6 Å². The van der Waals surface area contributed by atoms with Gasteiger partial charge in [0.2, 0.25) is 5.91 Å². The van der Waals surface area contributed by atoms with Gasteiger partial charge >= 0.3 is 0 Å². The molecule has 1 aliphatic carbocycles. The molecule has 4 nitrogen and oxygen atoms in total. The van der Waals surface area contributed by atoms with Crippen LogP contribution in [0.2, 0.25) is 5.02 Å². The van der Waals surface area contributed by atoms with Crippen LogP contribution in [0.3, 0.4) is 0 Å². The van der Waals surface area contributed by atoms with E-state index in [1.165, 1.54) is 0 Å². The first-order valence-electron chi connectivity index (χ1n) is 6.41. The first-order chi connectivity index (χ1) is 9.04. The number of methoxy groups -OCH3 is 1. The van der Waals surface area contributed by atoms with Gasteiger partial charge in [0.1, 0.15) is 5.75 Å². The predicted molar refractivity (Wildman–Crippen MR) is 75.2 cm³/mol. The lowest BCUT2D eigenvalue weighted by Gasteiger charge is -2.37. The lowest BCUT2D eigenvalue weighted by molar-refractivity contribution is -0.123. The molecule has 3 N–H and O–H groups in total. The Morgan fingerprint density at radius 2 is 2.26 bits per heavy atom. The number of nitrogens with one attached hydrogen (secondary N) is 1. The monoisotopic (exact) mass is 282 g/mol. The van der Waals surface area contributed by atoms with Crippen LogP contribution in [-0.4, -0.2) is 18.6 Å². The number of carbonyl (C=O) groups excluding carboxylic acids is 1. The van der Waals surface area contributed by atoms with Gasteiger partial charge in [0.05, 0.1) is 7.11 Å². The maximum Gasteiger partial charge on any atom is 0.222 e. The second-order valence-electron chi connectivity index (χ2n) is 5.09. The number of carbonyl (C=O) groups is 1. The molecule has 0 saturated heterocycles.